The number of nitrogens with one attached hydrogen (secondary N) is 1. The molecule has 3 rings (SSSR count). The van der Waals surface area contributed by atoms with E-state index in [1.807, 2.05) is 29.6 Å². The molecule has 0 saturated carbocycles. The van der Waals surface area contributed by atoms with Gasteiger partial charge in [0.2, 0.25) is 0 Å². The Kier molecular flexibility index (Phi) is 2.81. The normalized spacial score (nSPS) is 14.0. The fourth-order valence-electron chi connectivity index (χ4n) is 1.79. The van der Waals surface area contributed by atoms with Crippen molar-refractivity contribution in [3.05, 3.63) is 52.0 Å². The summed E-state index contributed by atoms with van der Waals surface area (Å²) < 4.78 is 3.12. The van der Waals surface area contributed by atoms with Gasteiger partial charge >= 0.3 is 0 Å². The molecule has 2 aromatic heterocycles. The molecule has 0 radical (unpaired) electrons. The minimum absolute atomic E-state index is 0.440. The van der Waals surface area contributed by atoms with Crippen LogP contribution in [0.3, 0.4) is 0 Å². The van der Waals surface area contributed by atoms with Gasteiger partial charge in [0.05, 0.1) is 5.69 Å². The smallest absolute Gasteiger partial charge is 0.257 e. The van der Waals surface area contributed by atoms with Crippen molar-refractivity contribution >= 4 is 39.8 Å². The summed E-state index contributed by atoms with van der Waals surface area (Å²) >= 11 is 2.84. The molecule has 1 aliphatic heterocycles. The van der Waals surface area contributed by atoms with Gasteiger partial charge in [-0.15, -0.1) is 11.3 Å². The predicted octanol–water partition coefficient (Wildman–Crippen LogP) is 2.46. The maximum absolute atomic E-state index is 11.5. The van der Waals surface area contributed by atoms with Gasteiger partial charge in [-0.25, -0.2) is 0 Å². The maximum atomic E-state index is 11.5. The van der Waals surface area contributed by atoms with E-state index in [2.05, 4.69) is 9.71 Å². The number of hydrogen-bond acceptors (Lipinski definition) is 5. The number of carbonyl (C=O) groups excluding carboxylic acids is 1. The van der Waals surface area contributed by atoms with Crippen molar-refractivity contribution in [3.8, 4) is 0 Å². The largest absolute Gasteiger partial charge is 0.365 e. The SMILES string of the molecule is NC(=O)C1=C(c2ccccn2)c2ccsc2NS1. The van der Waals surface area contributed by atoms with Gasteiger partial charge in [-0.05, 0) is 35.5 Å². The van der Waals surface area contributed by atoms with E-state index in [9.17, 15) is 4.79 Å². The Bertz CT molecular complexity index is 634. The second-order valence-corrected chi connectivity index (χ2v) is 5.38. The molecule has 0 atom stereocenters. The van der Waals surface area contributed by atoms with Crippen LogP contribution in [0.2, 0.25) is 0 Å². The second-order valence-electron chi connectivity index (χ2n) is 3.65. The monoisotopic (exact) mass is 275 g/mol. The number of amides is 1. The van der Waals surface area contributed by atoms with Crippen LogP contribution < -0.4 is 10.5 Å². The van der Waals surface area contributed by atoms with Gasteiger partial charge in [0.15, 0.2) is 0 Å². The number of nitrogens with zero attached hydrogens (tertiary/aromatic N) is 1. The number of fused-ring (bicyclic) bond motifs is 1. The number of rotatable bonds is 2. The Balaban J connectivity index is 2.25. The summed E-state index contributed by atoms with van der Waals surface area (Å²) in [6, 6.07) is 7.59. The first-order chi connectivity index (χ1) is 8.77. The average molecular weight is 275 g/mol. The van der Waals surface area contributed by atoms with Crippen molar-refractivity contribution in [2.24, 2.45) is 5.73 Å². The Labute approximate surface area is 112 Å². The lowest BCUT2D eigenvalue weighted by Gasteiger charge is -2.18. The van der Waals surface area contributed by atoms with Gasteiger partial charge in [-0.1, -0.05) is 6.07 Å². The molecule has 3 heterocycles. The van der Waals surface area contributed by atoms with Gasteiger partial charge in [0.25, 0.3) is 5.91 Å². The van der Waals surface area contributed by atoms with Gasteiger partial charge in [-0.2, -0.15) is 0 Å². The zero-order valence-electron chi connectivity index (χ0n) is 9.21. The number of aromatic nitrogens is 1. The number of hydrogen-bond donors (Lipinski definition) is 2. The number of primary amides is 1. The first kappa shape index (κ1) is 11.3. The molecular formula is C12H9N3OS2. The molecule has 0 bridgehead atoms. The molecule has 0 aromatic carbocycles. The molecule has 1 aliphatic rings. The molecule has 6 heteroatoms. The summed E-state index contributed by atoms with van der Waals surface area (Å²) in [4.78, 5) is 16.4. The van der Waals surface area contributed by atoms with Crippen molar-refractivity contribution in [2.45, 2.75) is 0 Å². The van der Waals surface area contributed by atoms with Crippen LogP contribution in [0.15, 0.2) is 40.7 Å². The van der Waals surface area contributed by atoms with Crippen LogP contribution in [0.25, 0.3) is 5.57 Å². The number of thiophene rings is 1. The summed E-state index contributed by atoms with van der Waals surface area (Å²) in [6.45, 7) is 0. The van der Waals surface area contributed by atoms with Crippen LogP contribution in [0.5, 0.6) is 0 Å². The number of anilines is 1. The Morgan fingerprint density at radius 3 is 2.94 bits per heavy atom. The fraction of sp³-hybridized carbons (Fsp3) is 0. The zero-order chi connectivity index (χ0) is 12.5. The molecule has 90 valence electrons. The van der Waals surface area contributed by atoms with Gasteiger partial charge < -0.3 is 10.5 Å². The molecule has 0 unspecified atom stereocenters. The van der Waals surface area contributed by atoms with Crippen LogP contribution in [0.4, 0.5) is 5.00 Å². The number of pyridine rings is 1. The van der Waals surface area contributed by atoms with E-state index in [1.165, 1.54) is 11.9 Å². The second kappa shape index (κ2) is 4.47. The van der Waals surface area contributed by atoms with Gasteiger partial charge in [-0.3, -0.25) is 9.78 Å². The zero-order valence-corrected chi connectivity index (χ0v) is 10.8. The van der Waals surface area contributed by atoms with E-state index in [1.54, 1.807) is 17.5 Å². The lowest BCUT2D eigenvalue weighted by molar-refractivity contribution is -0.113. The summed E-state index contributed by atoms with van der Waals surface area (Å²) in [6.07, 6.45) is 1.71. The number of nitrogens with two attached hydrogens (primary N) is 1. The van der Waals surface area contributed by atoms with Gasteiger partial charge in [0, 0.05) is 17.3 Å². The molecular weight excluding hydrogens is 266 g/mol. The van der Waals surface area contributed by atoms with E-state index >= 15 is 0 Å². The third-order valence-corrected chi connectivity index (χ3v) is 4.43. The summed E-state index contributed by atoms with van der Waals surface area (Å²) in [7, 11) is 0. The highest BCUT2D eigenvalue weighted by atomic mass is 32.2. The fourth-order valence-corrected chi connectivity index (χ4v) is 3.47. The van der Waals surface area contributed by atoms with Crippen LogP contribution in [-0.2, 0) is 4.79 Å². The molecule has 1 amide bonds. The third kappa shape index (κ3) is 1.79. The lowest BCUT2D eigenvalue weighted by Crippen LogP contribution is -2.17. The van der Waals surface area contributed by atoms with Crippen LogP contribution in [-0.4, -0.2) is 10.9 Å². The van der Waals surface area contributed by atoms with Crippen LogP contribution in [0.1, 0.15) is 11.3 Å². The summed E-state index contributed by atoms with van der Waals surface area (Å²) in [5.74, 6) is -0.440. The summed E-state index contributed by atoms with van der Waals surface area (Å²) in [5, 5.41) is 3.00. The quantitative estimate of drug-likeness (QED) is 0.826. The Morgan fingerprint density at radius 2 is 2.22 bits per heavy atom. The van der Waals surface area contributed by atoms with Crippen molar-refractivity contribution < 1.29 is 4.79 Å². The Morgan fingerprint density at radius 1 is 1.33 bits per heavy atom. The van der Waals surface area contributed by atoms with Crippen LogP contribution >= 0.6 is 23.3 Å². The molecule has 0 spiro atoms. The lowest BCUT2D eigenvalue weighted by atomic mass is 10.0. The van der Waals surface area contributed by atoms with Crippen molar-refractivity contribution in [3.63, 3.8) is 0 Å². The van der Waals surface area contributed by atoms with Gasteiger partial charge in [0.1, 0.15) is 9.91 Å². The highest BCUT2D eigenvalue weighted by molar-refractivity contribution is 8.05. The van der Waals surface area contributed by atoms with Crippen molar-refractivity contribution in [2.75, 3.05) is 4.72 Å². The van der Waals surface area contributed by atoms with Crippen molar-refractivity contribution in [1.29, 1.82) is 0 Å². The van der Waals surface area contributed by atoms with E-state index < -0.39 is 5.91 Å². The molecule has 0 aliphatic carbocycles. The third-order valence-electron chi connectivity index (χ3n) is 2.55. The minimum atomic E-state index is -0.440. The van der Waals surface area contributed by atoms with E-state index in [4.69, 9.17) is 5.73 Å². The minimum Gasteiger partial charge on any atom is -0.365 e. The molecule has 0 saturated heterocycles. The molecule has 0 fully saturated rings. The predicted molar refractivity (Wildman–Crippen MR) is 75.0 cm³/mol. The highest BCUT2D eigenvalue weighted by Gasteiger charge is 2.25. The molecule has 3 N–H and O–H groups in total. The van der Waals surface area contributed by atoms with Crippen molar-refractivity contribution in [1.82, 2.24) is 4.98 Å². The standard InChI is InChI=1S/C12H9N3OS2/c13-11(16)10-9(8-3-1-2-5-14-8)7-4-6-17-12(7)15-18-10/h1-6,15H,(H2,13,16). The highest BCUT2D eigenvalue weighted by Crippen LogP contribution is 2.43. The average Bonchev–Trinajstić information content (AvgIpc) is 2.86. The molecule has 2 aromatic rings. The Hall–Kier alpha value is -1.79. The van der Waals surface area contributed by atoms with Crippen LogP contribution in [0, 0.1) is 0 Å². The number of carbonyl (C=O) groups is 1. The van der Waals surface area contributed by atoms with E-state index in [0.29, 0.717) is 4.91 Å². The first-order valence-electron chi connectivity index (χ1n) is 5.23. The van der Waals surface area contributed by atoms with E-state index in [0.717, 1.165) is 21.8 Å². The molecule has 4 nitrogen and oxygen atoms in total. The maximum Gasteiger partial charge on any atom is 0.257 e. The summed E-state index contributed by atoms with van der Waals surface area (Å²) in [5.41, 5.74) is 7.99. The first-order valence-corrected chi connectivity index (χ1v) is 6.93. The topological polar surface area (TPSA) is 68.0 Å². The molecule has 18 heavy (non-hydrogen) atoms. The van der Waals surface area contributed by atoms with E-state index in [-0.39, 0.29) is 0 Å².